The van der Waals surface area contributed by atoms with Crippen LogP contribution in [-0.2, 0) is 11.2 Å². The molecule has 2 aromatic rings. The van der Waals surface area contributed by atoms with Gasteiger partial charge in [-0.05, 0) is 18.6 Å². The van der Waals surface area contributed by atoms with Crippen LogP contribution in [0.15, 0.2) is 35.7 Å². The van der Waals surface area contributed by atoms with Gasteiger partial charge < -0.3 is 10.4 Å². The maximum atomic E-state index is 13.5. The Balaban J connectivity index is 1.77. The third kappa shape index (κ3) is 4.81. The summed E-state index contributed by atoms with van der Waals surface area (Å²) >= 11 is 7.31. The van der Waals surface area contributed by atoms with Crippen LogP contribution in [0.3, 0.4) is 0 Å². The summed E-state index contributed by atoms with van der Waals surface area (Å²) in [5.74, 6) is -0.664. The van der Waals surface area contributed by atoms with E-state index in [1.54, 1.807) is 12.1 Å². The van der Waals surface area contributed by atoms with Crippen molar-refractivity contribution in [3.8, 4) is 0 Å². The molecule has 0 aliphatic heterocycles. The van der Waals surface area contributed by atoms with Crippen molar-refractivity contribution in [3.63, 3.8) is 0 Å². The van der Waals surface area contributed by atoms with Crippen LogP contribution in [0.25, 0.3) is 0 Å². The molecule has 3 nitrogen and oxygen atoms in total. The highest BCUT2D eigenvalue weighted by Gasteiger charge is 2.13. The average molecular weight is 328 g/mol. The van der Waals surface area contributed by atoms with Crippen LogP contribution in [0.1, 0.15) is 23.0 Å². The van der Waals surface area contributed by atoms with Crippen LogP contribution in [0.2, 0.25) is 5.02 Å². The van der Waals surface area contributed by atoms with Crippen LogP contribution >= 0.6 is 22.9 Å². The smallest absolute Gasteiger partial charge is 0.220 e. The molecule has 1 aromatic carbocycles. The van der Waals surface area contributed by atoms with E-state index in [-0.39, 0.29) is 18.0 Å². The number of benzene rings is 1. The zero-order chi connectivity index (χ0) is 15.2. The molecule has 0 saturated heterocycles. The molecule has 1 aromatic heterocycles. The van der Waals surface area contributed by atoms with Crippen molar-refractivity contribution in [1.29, 1.82) is 0 Å². The standard InChI is InChI=1S/C15H15ClFNO2S/c16-10-7-11(21-9-10)5-6-15(20)18-8-14(19)12-3-1-2-4-13(12)17/h1-4,7,9,14,19H,5-6,8H2,(H,18,20). The Hall–Kier alpha value is -1.43. The fourth-order valence-corrected chi connectivity index (χ4v) is 2.95. The van der Waals surface area contributed by atoms with Gasteiger partial charge in [0, 0.05) is 28.8 Å². The number of aryl methyl sites for hydroxylation is 1. The lowest BCUT2D eigenvalue weighted by molar-refractivity contribution is -0.121. The van der Waals surface area contributed by atoms with Gasteiger partial charge >= 0.3 is 0 Å². The van der Waals surface area contributed by atoms with Crippen LogP contribution in [0, 0.1) is 5.82 Å². The molecular formula is C15H15ClFNO2S. The Labute approximate surface area is 131 Å². The fourth-order valence-electron chi connectivity index (χ4n) is 1.88. The maximum Gasteiger partial charge on any atom is 0.220 e. The van der Waals surface area contributed by atoms with Gasteiger partial charge in [-0.1, -0.05) is 29.8 Å². The van der Waals surface area contributed by atoms with Crippen LogP contribution in [-0.4, -0.2) is 17.6 Å². The van der Waals surface area contributed by atoms with E-state index in [4.69, 9.17) is 11.6 Å². The molecule has 1 amide bonds. The first-order valence-corrected chi connectivity index (χ1v) is 7.74. The van der Waals surface area contributed by atoms with E-state index in [9.17, 15) is 14.3 Å². The van der Waals surface area contributed by atoms with E-state index in [0.717, 1.165) is 4.88 Å². The van der Waals surface area contributed by atoms with E-state index < -0.39 is 11.9 Å². The highest BCUT2D eigenvalue weighted by atomic mass is 35.5. The van der Waals surface area contributed by atoms with Crippen molar-refractivity contribution in [2.45, 2.75) is 18.9 Å². The summed E-state index contributed by atoms with van der Waals surface area (Å²) in [5, 5.41) is 15.0. The molecule has 0 spiro atoms. The zero-order valence-corrected chi connectivity index (χ0v) is 12.8. The largest absolute Gasteiger partial charge is 0.386 e. The number of aliphatic hydroxyl groups excluding tert-OH is 1. The molecule has 1 atom stereocenters. The van der Waals surface area contributed by atoms with Crippen molar-refractivity contribution < 1.29 is 14.3 Å². The topological polar surface area (TPSA) is 49.3 Å². The van der Waals surface area contributed by atoms with Gasteiger partial charge in [0.25, 0.3) is 0 Å². The molecule has 2 N–H and O–H groups in total. The SMILES string of the molecule is O=C(CCc1cc(Cl)cs1)NCC(O)c1ccccc1F. The number of halogens is 2. The predicted molar refractivity (Wildman–Crippen MR) is 82.0 cm³/mol. The van der Waals surface area contributed by atoms with Crippen molar-refractivity contribution >= 4 is 28.8 Å². The van der Waals surface area contributed by atoms with E-state index in [1.165, 1.54) is 23.5 Å². The van der Waals surface area contributed by atoms with Gasteiger partial charge in [-0.25, -0.2) is 4.39 Å². The van der Waals surface area contributed by atoms with E-state index in [1.807, 2.05) is 11.4 Å². The first-order chi connectivity index (χ1) is 10.1. The summed E-state index contributed by atoms with van der Waals surface area (Å²) in [5.41, 5.74) is 0.183. The van der Waals surface area contributed by atoms with Gasteiger partial charge in [0.1, 0.15) is 5.82 Å². The number of rotatable bonds is 6. The second-order valence-corrected chi connectivity index (χ2v) is 6.00. The lowest BCUT2D eigenvalue weighted by atomic mass is 10.1. The van der Waals surface area contributed by atoms with E-state index in [2.05, 4.69) is 5.32 Å². The minimum Gasteiger partial charge on any atom is -0.386 e. The van der Waals surface area contributed by atoms with Gasteiger partial charge in [0.05, 0.1) is 11.1 Å². The quantitative estimate of drug-likeness (QED) is 0.855. The molecule has 0 bridgehead atoms. The molecule has 2 rings (SSSR count). The molecule has 21 heavy (non-hydrogen) atoms. The summed E-state index contributed by atoms with van der Waals surface area (Å²) in [4.78, 5) is 12.7. The van der Waals surface area contributed by atoms with Crippen LogP contribution < -0.4 is 5.32 Å². The normalized spacial score (nSPS) is 12.1. The summed E-state index contributed by atoms with van der Waals surface area (Å²) in [6.07, 6.45) is -0.147. The van der Waals surface area contributed by atoms with Gasteiger partial charge in [0.2, 0.25) is 5.91 Å². The third-order valence-electron chi connectivity index (χ3n) is 2.98. The first kappa shape index (κ1) is 15.9. The van der Waals surface area contributed by atoms with Crippen molar-refractivity contribution in [2.75, 3.05) is 6.54 Å². The molecule has 0 fully saturated rings. The molecule has 0 aliphatic carbocycles. The summed E-state index contributed by atoms with van der Waals surface area (Å²) in [7, 11) is 0. The number of nitrogens with one attached hydrogen (secondary N) is 1. The molecule has 6 heteroatoms. The molecule has 1 heterocycles. The molecule has 112 valence electrons. The fraction of sp³-hybridized carbons (Fsp3) is 0.267. The number of hydrogen-bond donors (Lipinski definition) is 2. The lowest BCUT2D eigenvalue weighted by Crippen LogP contribution is -2.28. The zero-order valence-electron chi connectivity index (χ0n) is 11.2. The number of carbonyl (C=O) groups excluding carboxylic acids is 1. The Kier molecular flexibility index (Phi) is 5.73. The Morgan fingerprint density at radius 2 is 2.19 bits per heavy atom. The molecule has 0 radical (unpaired) electrons. The minimum atomic E-state index is -1.05. The van der Waals surface area contributed by atoms with Crippen molar-refractivity contribution in [3.05, 3.63) is 57.0 Å². The summed E-state index contributed by atoms with van der Waals surface area (Å²) in [6, 6.07) is 7.80. The number of amides is 1. The number of aliphatic hydroxyl groups is 1. The predicted octanol–water partition coefficient (Wildman–Crippen LogP) is 3.32. The van der Waals surface area contributed by atoms with E-state index >= 15 is 0 Å². The minimum absolute atomic E-state index is 0.00896. The number of thiophene rings is 1. The summed E-state index contributed by atoms with van der Waals surface area (Å²) in [6.45, 7) is -0.00896. The molecular weight excluding hydrogens is 313 g/mol. The first-order valence-electron chi connectivity index (χ1n) is 6.48. The monoisotopic (exact) mass is 327 g/mol. The Morgan fingerprint density at radius 1 is 1.43 bits per heavy atom. The Morgan fingerprint density at radius 3 is 2.86 bits per heavy atom. The van der Waals surface area contributed by atoms with Gasteiger partial charge in [-0.3, -0.25) is 4.79 Å². The highest BCUT2D eigenvalue weighted by Crippen LogP contribution is 2.20. The van der Waals surface area contributed by atoms with Gasteiger partial charge in [-0.2, -0.15) is 0 Å². The van der Waals surface area contributed by atoms with Crippen LogP contribution in [0.5, 0.6) is 0 Å². The van der Waals surface area contributed by atoms with Crippen molar-refractivity contribution in [1.82, 2.24) is 5.32 Å². The Bertz CT molecular complexity index is 617. The molecule has 1 unspecified atom stereocenters. The molecule has 0 aliphatic rings. The van der Waals surface area contributed by atoms with Crippen LogP contribution in [0.4, 0.5) is 4.39 Å². The van der Waals surface area contributed by atoms with Gasteiger partial charge in [-0.15, -0.1) is 11.3 Å². The number of hydrogen-bond acceptors (Lipinski definition) is 3. The third-order valence-corrected chi connectivity index (χ3v) is 4.32. The molecule has 0 saturated carbocycles. The van der Waals surface area contributed by atoms with Gasteiger partial charge in [0.15, 0.2) is 0 Å². The van der Waals surface area contributed by atoms with Crippen molar-refractivity contribution in [2.24, 2.45) is 0 Å². The summed E-state index contributed by atoms with van der Waals surface area (Å²) < 4.78 is 13.5. The maximum absolute atomic E-state index is 13.5. The average Bonchev–Trinajstić information content (AvgIpc) is 2.89. The second kappa shape index (κ2) is 7.54. The van der Waals surface area contributed by atoms with E-state index in [0.29, 0.717) is 17.9 Å². The highest BCUT2D eigenvalue weighted by molar-refractivity contribution is 7.10. The lowest BCUT2D eigenvalue weighted by Gasteiger charge is -2.12. The second-order valence-electron chi connectivity index (χ2n) is 4.57. The number of carbonyl (C=O) groups is 1.